The smallest absolute Gasteiger partial charge is 0.404 e. The molecule has 1 rings (SSSR count). The number of nitrogens with one attached hydrogen (secondary N) is 1. The Morgan fingerprint density at radius 2 is 2.46 bits per heavy atom. The van der Waals surface area contributed by atoms with Gasteiger partial charge in [-0.15, -0.1) is 0 Å². The summed E-state index contributed by atoms with van der Waals surface area (Å²) in [6, 6.07) is 3.36. The first kappa shape index (κ1) is 9.47. The zero-order valence-corrected chi connectivity index (χ0v) is 6.84. The van der Waals surface area contributed by atoms with Crippen LogP contribution >= 0.6 is 0 Å². The lowest BCUT2D eigenvalue weighted by Crippen LogP contribution is -2.26. The van der Waals surface area contributed by atoms with Gasteiger partial charge in [0, 0.05) is 18.0 Å². The van der Waals surface area contributed by atoms with E-state index in [-0.39, 0.29) is 6.54 Å². The van der Waals surface area contributed by atoms with Gasteiger partial charge in [-0.1, -0.05) is 6.07 Å². The van der Waals surface area contributed by atoms with Crippen molar-refractivity contribution >= 4 is 6.09 Å². The molecule has 1 aromatic heterocycles. The zero-order chi connectivity index (χ0) is 9.68. The average Bonchev–Trinajstić information content (AvgIpc) is 2.15. The fraction of sp³-hybridized carbons (Fsp3) is 0.250. The first-order valence-electron chi connectivity index (χ1n) is 3.75. The molecule has 1 atom stereocenters. The van der Waals surface area contributed by atoms with Gasteiger partial charge in [0.2, 0.25) is 0 Å². The maximum Gasteiger partial charge on any atom is 0.404 e. The van der Waals surface area contributed by atoms with Crippen LogP contribution in [-0.4, -0.2) is 27.8 Å². The van der Waals surface area contributed by atoms with Gasteiger partial charge < -0.3 is 15.5 Å². The summed E-state index contributed by atoms with van der Waals surface area (Å²) in [5.74, 6) is 0. The minimum Gasteiger partial charge on any atom is -0.465 e. The SMILES string of the molecule is O=C(O)NCC(O)c1cccnc1. The van der Waals surface area contributed by atoms with Crippen molar-refractivity contribution in [2.75, 3.05) is 6.54 Å². The van der Waals surface area contributed by atoms with Gasteiger partial charge in [0.25, 0.3) is 0 Å². The molecule has 5 nitrogen and oxygen atoms in total. The van der Waals surface area contributed by atoms with Crippen LogP contribution in [0, 0.1) is 0 Å². The van der Waals surface area contributed by atoms with Gasteiger partial charge in [0.15, 0.2) is 0 Å². The molecule has 1 amide bonds. The van der Waals surface area contributed by atoms with Crippen LogP contribution in [0.3, 0.4) is 0 Å². The van der Waals surface area contributed by atoms with E-state index in [0.29, 0.717) is 5.56 Å². The molecule has 0 aliphatic carbocycles. The fourth-order valence-corrected chi connectivity index (χ4v) is 0.875. The lowest BCUT2D eigenvalue weighted by molar-refractivity contribution is 0.158. The van der Waals surface area contributed by atoms with Gasteiger partial charge in [0.1, 0.15) is 0 Å². The highest BCUT2D eigenvalue weighted by molar-refractivity contribution is 5.64. The number of hydrogen-bond donors (Lipinski definition) is 3. The lowest BCUT2D eigenvalue weighted by atomic mass is 10.2. The topological polar surface area (TPSA) is 82.5 Å². The quantitative estimate of drug-likeness (QED) is 0.631. The first-order chi connectivity index (χ1) is 6.20. The van der Waals surface area contributed by atoms with E-state index in [1.165, 1.54) is 6.20 Å². The third-order valence-electron chi connectivity index (χ3n) is 1.52. The van der Waals surface area contributed by atoms with Crippen molar-refractivity contribution in [2.24, 2.45) is 0 Å². The molecule has 0 saturated heterocycles. The second-order valence-corrected chi connectivity index (χ2v) is 2.49. The normalized spacial score (nSPS) is 12.1. The van der Waals surface area contributed by atoms with Crippen LogP contribution in [0.25, 0.3) is 0 Å². The second kappa shape index (κ2) is 4.42. The molecule has 0 aliphatic rings. The van der Waals surface area contributed by atoms with E-state index in [4.69, 9.17) is 5.11 Å². The highest BCUT2D eigenvalue weighted by Crippen LogP contribution is 2.08. The molecule has 0 aromatic carbocycles. The van der Waals surface area contributed by atoms with Crippen molar-refractivity contribution < 1.29 is 15.0 Å². The third-order valence-corrected chi connectivity index (χ3v) is 1.52. The van der Waals surface area contributed by atoms with E-state index in [0.717, 1.165) is 0 Å². The highest BCUT2D eigenvalue weighted by Gasteiger charge is 2.07. The molecule has 0 bridgehead atoms. The minimum absolute atomic E-state index is 0.0268. The van der Waals surface area contributed by atoms with Crippen molar-refractivity contribution in [3.05, 3.63) is 30.1 Å². The van der Waals surface area contributed by atoms with Crippen LogP contribution in [-0.2, 0) is 0 Å². The molecule has 70 valence electrons. The number of carboxylic acid groups (broad SMARTS) is 1. The predicted molar refractivity (Wildman–Crippen MR) is 45.2 cm³/mol. The maximum absolute atomic E-state index is 10.1. The molecule has 1 aromatic rings. The minimum atomic E-state index is -1.15. The van der Waals surface area contributed by atoms with Crippen LogP contribution in [0.2, 0.25) is 0 Å². The Labute approximate surface area is 75.0 Å². The van der Waals surface area contributed by atoms with Crippen LogP contribution in [0.1, 0.15) is 11.7 Å². The monoisotopic (exact) mass is 182 g/mol. The van der Waals surface area contributed by atoms with Gasteiger partial charge >= 0.3 is 6.09 Å². The summed E-state index contributed by atoms with van der Waals surface area (Å²) in [5.41, 5.74) is 0.594. The van der Waals surface area contributed by atoms with Crippen LogP contribution in [0.15, 0.2) is 24.5 Å². The Bertz CT molecular complexity index is 276. The number of aromatic nitrogens is 1. The summed E-state index contributed by atoms with van der Waals surface area (Å²) in [6.07, 6.45) is 1.09. The van der Waals surface area contributed by atoms with Crippen molar-refractivity contribution in [2.45, 2.75) is 6.10 Å². The standard InChI is InChI=1S/C8H10N2O3/c11-7(5-10-8(12)13)6-2-1-3-9-4-6/h1-4,7,10-11H,5H2,(H,12,13). The van der Waals surface area contributed by atoms with E-state index >= 15 is 0 Å². The van der Waals surface area contributed by atoms with E-state index < -0.39 is 12.2 Å². The Morgan fingerprint density at radius 3 is 3.00 bits per heavy atom. The van der Waals surface area contributed by atoms with Gasteiger partial charge in [-0.05, 0) is 6.07 Å². The summed E-state index contributed by atoms with van der Waals surface area (Å²) in [5, 5.41) is 19.8. The second-order valence-electron chi connectivity index (χ2n) is 2.49. The highest BCUT2D eigenvalue weighted by atomic mass is 16.4. The van der Waals surface area contributed by atoms with E-state index in [1.54, 1.807) is 18.3 Å². The molecule has 0 fully saturated rings. The number of carbonyl (C=O) groups is 1. The number of aliphatic hydroxyl groups is 1. The zero-order valence-electron chi connectivity index (χ0n) is 6.84. The van der Waals surface area contributed by atoms with Crippen molar-refractivity contribution in [1.29, 1.82) is 0 Å². The van der Waals surface area contributed by atoms with Gasteiger partial charge in [-0.3, -0.25) is 4.98 Å². The first-order valence-corrected chi connectivity index (χ1v) is 3.75. The van der Waals surface area contributed by atoms with Crippen LogP contribution in [0.4, 0.5) is 4.79 Å². The van der Waals surface area contributed by atoms with Crippen molar-refractivity contribution in [1.82, 2.24) is 10.3 Å². The predicted octanol–water partition coefficient (Wildman–Crippen LogP) is 0.383. The summed E-state index contributed by atoms with van der Waals surface area (Å²) in [7, 11) is 0. The summed E-state index contributed by atoms with van der Waals surface area (Å²) in [4.78, 5) is 13.9. The lowest BCUT2D eigenvalue weighted by Gasteiger charge is -2.09. The Morgan fingerprint density at radius 1 is 1.69 bits per heavy atom. The molecule has 0 aliphatic heterocycles. The summed E-state index contributed by atoms with van der Waals surface area (Å²) >= 11 is 0. The number of nitrogens with zero attached hydrogens (tertiary/aromatic N) is 1. The van der Waals surface area contributed by atoms with Crippen LogP contribution < -0.4 is 5.32 Å². The molecule has 13 heavy (non-hydrogen) atoms. The molecule has 0 saturated carbocycles. The Kier molecular flexibility index (Phi) is 3.22. The summed E-state index contributed by atoms with van der Waals surface area (Å²) < 4.78 is 0. The largest absolute Gasteiger partial charge is 0.465 e. The number of hydrogen-bond acceptors (Lipinski definition) is 3. The molecule has 3 N–H and O–H groups in total. The molecule has 0 radical (unpaired) electrons. The van der Waals surface area contributed by atoms with Gasteiger partial charge in [0.05, 0.1) is 12.6 Å². The molecule has 5 heteroatoms. The molecular formula is C8H10N2O3. The van der Waals surface area contributed by atoms with E-state index in [1.807, 2.05) is 0 Å². The average molecular weight is 182 g/mol. The Hall–Kier alpha value is -1.62. The molecule has 1 heterocycles. The number of pyridine rings is 1. The number of rotatable bonds is 3. The molecule has 1 unspecified atom stereocenters. The van der Waals surface area contributed by atoms with Gasteiger partial charge in [-0.25, -0.2) is 4.79 Å². The van der Waals surface area contributed by atoms with Crippen molar-refractivity contribution in [3.63, 3.8) is 0 Å². The summed E-state index contributed by atoms with van der Waals surface area (Å²) in [6.45, 7) is -0.0268. The third kappa shape index (κ3) is 3.08. The van der Waals surface area contributed by atoms with Gasteiger partial charge in [-0.2, -0.15) is 0 Å². The molecular weight excluding hydrogens is 172 g/mol. The van der Waals surface area contributed by atoms with Crippen molar-refractivity contribution in [3.8, 4) is 0 Å². The maximum atomic E-state index is 10.1. The van der Waals surface area contributed by atoms with E-state index in [9.17, 15) is 9.90 Å². The molecule has 0 spiro atoms. The number of amides is 1. The number of aliphatic hydroxyl groups excluding tert-OH is 1. The fourth-order valence-electron chi connectivity index (χ4n) is 0.875. The Balaban J connectivity index is 2.49. The van der Waals surface area contributed by atoms with E-state index in [2.05, 4.69) is 10.3 Å². The van der Waals surface area contributed by atoms with Crippen LogP contribution in [0.5, 0.6) is 0 Å².